The van der Waals surface area contributed by atoms with Gasteiger partial charge >= 0.3 is 6.18 Å². The van der Waals surface area contributed by atoms with E-state index in [1.165, 1.54) is 15.9 Å². The summed E-state index contributed by atoms with van der Waals surface area (Å²) < 4.78 is 40.4. The predicted molar refractivity (Wildman–Crippen MR) is 126 cm³/mol. The number of nitrogens with zero attached hydrogens (tertiary/aromatic N) is 2. The molecule has 2 N–H and O–H groups in total. The maximum Gasteiger partial charge on any atom is 0.416 e. The molecule has 2 aromatic rings. The van der Waals surface area contributed by atoms with Crippen molar-refractivity contribution in [1.82, 2.24) is 15.8 Å². The third kappa shape index (κ3) is 5.64. The Morgan fingerprint density at radius 1 is 0.971 bits per heavy atom. The van der Waals surface area contributed by atoms with Gasteiger partial charge in [-0.1, -0.05) is 12.1 Å². The third-order valence-corrected chi connectivity index (χ3v) is 5.55. The summed E-state index contributed by atoms with van der Waals surface area (Å²) in [7, 11) is 3.17. The van der Waals surface area contributed by atoms with E-state index in [1.807, 2.05) is 19.9 Å². The van der Waals surface area contributed by atoms with Gasteiger partial charge < -0.3 is 10.3 Å². The van der Waals surface area contributed by atoms with Crippen molar-refractivity contribution < 1.29 is 27.6 Å². The quantitative estimate of drug-likeness (QED) is 0.471. The van der Waals surface area contributed by atoms with Crippen molar-refractivity contribution in [3.05, 3.63) is 64.3 Å². The topological polar surface area (TPSA) is 81.7 Å². The van der Waals surface area contributed by atoms with E-state index in [4.69, 9.17) is 0 Å². The molecule has 3 amide bonds. The zero-order chi connectivity index (χ0) is 26.1. The SMILES string of the molecule is C/C(NNC(=O)CCC(=O)N(C)C)=C1/C(=O)N(c2cc(C)cc(C)c2)c2cc(C(F)(F)F)ccc21. The minimum absolute atomic E-state index is 0.0125. The number of aryl methyl sites for hydroxylation is 2. The molecule has 0 aromatic heterocycles. The first-order valence-corrected chi connectivity index (χ1v) is 10.9. The van der Waals surface area contributed by atoms with Crippen LogP contribution in [0.2, 0.25) is 0 Å². The molecule has 0 saturated carbocycles. The average molecular weight is 489 g/mol. The number of hydrazine groups is 1. The standard InChI is InChI=1S/C25H27F3N4O3/c1-14-10-15(2)12-18(11-14)32-20-13-17(25(26,27)28)6-7-19(20)23(24(32)35)16(3)29-30-21(33)8-9-22(34)31(4)5/h6-7,10-13,29H,8-9H2,1-5H3,(H,30,33)/b23-16-. The van der Waals surface area contributed by atoms with E-state index in [9.17, 15) is 27.6 Å². The molecule has 7 nitrogen and oxygen atoms in total. The van der Waals surface area contributed by atoms with Gasteiger partial charge in [-0.25, -0.2) is 0 Å². The van der Waals surface area contributed by atoms with E-state index < -0.39 is 23.6 Å². The molecule has 0 aliphatic carbocycles. The second kappa shape index (κ2) is 9.81. The number of allylic oxidation sites excluding steroid dienone is 1. The largest absolute Gasteiger partial charge is 0.416 e. The maximum absolute atomic E-state index is 13.5. The Morgan fingerprint density at radius 2 is 1.60 bits per heavy atom. The molecule has 0 fully saturated rings. The van der Waals surface area contributed by atoms with Crippen LogP contribution in [0.25, 0.3) is 5.57 Å². The van der Waals surface area contributed by atoms with E-state index in [-0.39, 0.29) is 35.7 Å². The lowest BCUT2D eigenvalue weighted by molar-refractivity contribution is -0.137. The summed E-state index contributed by atoms with van der Waals surface area (Å²) in [4.78, 5) is 40.0. The highest BCUT2D eigenvalue weighted by molar-refractivity contribution is 6.35. The maximum atomic E-state index is 13.5. The molecule has 1 heterocycles. The van der Waals surface area contributed by atoms with E-state index in [0.29, 0.717) is 11.3 Å². The number of carbonyl (C=O) groups excluding carboxylic acids is 3. The smallest absolute Gasteiger partial charge is 0.349 e. The molecule has 0 radical (unpaired) electrons. The van der Waals surface area contributed by atoms with Crippen molar-refractivity contribution in [2.45, 2.75) is 39.8 Å². The zero-order valence-electron chi connectivity index (χ0n) is 20.1. The summed E-state index contributed by atoms with van der Waals surface area (Å²) >= 11 is 0. The summed E-state index contributed by atoms with van der Waals surface area (Å²) in [6.07, 6.45) is -4.64. The summed E-state index contributed by atoms with van der Waals surface area (Å²) in [5.74, 6) is -1.20. The molecule has 0 atom stereocenters. The van der Waals surface area contributed by atoms with Gasteiger partial charge in [-0.05, 0) is 56.2 Å². The second-order valence-electron chi connectivity index (χ2n) is 8.68. The van der Waals surface area contributed by atoms with Crippen molar-refractivity contribution >= 4 is 34.7 Å². The number of carbonyl (C=O) groups is 3. The highest BCUT2D eigenvalue weighted by Crippen LogP contribution is 2.45. The first kappa shape index (κ1) is 25.8. The molecule has 2 aromatic carbocycles. The molecule has 186 valence electrons. The number of rotatable bonds is 6. The number of hydrogen-bond acceptors (Lipinski definition) is 4. The molecule has 0 saturated heterocycles. The Labute approximate surface area is 201 Å². The summed E-state index contributed by atoms with van der Waals surface area (Å²) in [6.45, 7) is 5.22. The fourth-order valence-electron chi connectivity index (χ4n) is 3.87. The fourth-order valence-corrected chi connectivity index (χ4v) is 3.87. The number of nitrogens with one attached hydrogen (secondary N) is 2. The number of anilines is 2. The van der Waals surface area contributed by atoms with Gasteiger partial charge in [0.25, 0.3) is 5.91 Å². The highest BCUT2D eigenvalue weighted by atomic mass is 19.4. The van der Waals surface area contributed by atoms with Crippen LogP contribution in [0.4, 0.5) is 24.5 Å². The molecule has 10 heteroatoms. The fraction of sp³-hybridized carbons (Fsp3) is 0.320. The summed E-state index contributed by atoms with van der Waals surface area (Å²) in [6, 6.07) is 8.49. The van der Waals surface area contributed by atoms with Crippen LogP contribution < -0.4 is 15.8 Å². The van der Waals surface area contributed by atoms with Crippen LogP contribution in [0.1, 0.15) is 42.0 Å². The molecule has 0 bridgehead atoms. The number of benzene rings is 2. The number of hydrogen-bond donors (Lipinski definition) is 2. The normalized spacial score (nSPS) is 14.5. The van der Waals surface area contributed by atoms with Crippen molar-refractivity contribution in [3.8, 4) is 0 Å². The van der Waals surface area contributed by atoms with Crippen LogP contribution in [0.15, 0.2) is 42.1 Å². The van der Waals surface area contributed by atoms with Gasteiger partial charge in [-0.3, -0.25) is 24.7 Å². The molecule has 1 aliphatic heterocycles. The van der Waals surface area contributed by atoms with Gasteiger partial charge in [0.1, 0.15) is 0 Å². The molecular formula is C25H27F3N4O3. The highest BCUT2D eigenvalue weighted by Gasteiger charge is 2.39. The van der Waals surface area contributed by atoms with Crippen LogP contribution >= 0.6 is 0 Å². The van der Waals surface area contributed by atoms with Gasteiger partial charge in [-0.15, -0.1) is 0 Å². The Kier molecular flexibility index (Phi) is 7.23. The van der Waals surface area contributed by atoms with Gasteiger partial charge in [0, 0.05) is 43.9 Å². The monoisotopic (exact) mass is 488 g/mol. The molecule has 0 unspecified atom stereocenters. The Morgan fingerprint density at radius 3 is 2.17 bits per heavy atom. The lowest BCUT2D eigenvalue weighted by Gasteiger charge is -2.20. The number of halogens is 3. The molecule has 0 spiro atoms. The molecule has 3 rings (SSSR count). The number of alkyl halides is 3. The number of amides is 3. The van der Waals surface area contributed by atoms with Crippen molar-refractivity contribution in [1.29, 1.82) is 0 Å². The molecule has 1 aliphatic rings. The van der Waals surface area contributed by atoms with E-state index in [1.54, 1.807) is 33.2 Å². The van der Waals surface area contributed by atoms with Crippen LogP contribution in [0.3, 0.4) is 0 Å². The Balaban J connectivity index is 1.97. The number of fused-ring (bicyclic) bond motifs is 1. The van der Waals surface area contributed by atoms with Crippen molar-refractivity contribution in [2.24, 2.45) is 0 Å². The second-order valence-corrected chi connectivity index (χ2v) is 8.68. The van der Waals surface area contributed by atoms with E-state index in [0.717, 1.165) is 23.3 Å². The average Bonchev–Trinajstić information content (AvgIpc) is 3.05. The van der Waals surface area contributed by atoms with Crippen LogP contribution in [0.5, 0.6) is 0 Å². The van der Waals surface area contributed by atoms with Crippen molar-refractivity contribution in [2.75, 3.05) is 19.0 Å². The van der Waals surface area contributed by atoms with Crippen molar-refractivity contribution in [3.63, 3.8) is 0 Å². The lowest BCUT2D eigenvalue weighted by Crippen LogP contribution is -2.37. The third-order valence-electron chi connectivity index (χ3n) is 5.55. The Bertz CT molecular complexity index is 1200. The van der Waals surface area contributed by atoms with E-state index >= 15 is 0 Å². The van der Waals surface area contributed by atoms with Crippen LogP contribution in [0, 0.1) is 13.8 Å². The molecule has 35 heavy (non-hydrogen) atoms. The zero-order valence-corrected chi connectivity index (χ0v) is 20.1. The molecular weight excluding hydrogens is 461 g/mol. The first-order valence-electron chi connectivity index (χ1n) is 10.9. The van der Waals surface area contributed by atoms with Gasteiger partial charge in [0.2, 0.25) is 11.8 Å². The van der Waals surface area contributed by atoms with Crippen LogP contribution in [-0.4, -0.2) is 36.7 Å². The van der Waals surface area contributed by atoms with Gasteiger partial charge in [-0.2, -0.15) is 13.2 Å². The Hall–Kier alpha value is -3.82. The van der Waals surface area contributed by atoms with Gasteiger partial charge in [0.15, 0.2) is 0 Å². The summed E-state index contributed by atoms with van der Waals surface area (Å²) in [5.41, 5.74) is 7.21. The minimum atomic E-state index is -4.58. The lowest BCUT2D eigenvalue weighted by atomic mass is 10.0. The van der Waals surface area contributed by atoms with Gasteiger partial charge in [0.05, 0.1) is 16.8 Å². The van der Waals surface area contributed by atoms with Crippen LogP contribution in [-0.2, 0) is 20.6 Å². The van der Waals surface area contributed by atoms with E-state index in [2.05, 4.69) is 10.9 Å². The predicted octanol–water partition coefficient (Wildman–Crippen LogP) is 4.22. The first-order chi connectivity index (χ1) is 16.3. The minimum Gasteiger partial charge on any atom is -0.349 e. The summed E-state index contributed by atoms with van der Waals surface area (Å²) in [5, 5.41) is 0.